The molecule has 4 aromatic rings. The fraction of sp³-hybridized carbons (Fsp3) is 0.214. The second-order valence-corrected chi connectivity index (χ2v) is 8.74. The number of benzene rings is 3. The molecule has 1 fully saturated rings. The molecule has 0 spiro atoms. The van der Waals surface area contributed by atoms with Gasteiger partial charge in [0.2, 0.25) is 5.91 Å². The molecule has 2 heterocycles. The lowest BCUT2D eigenvalue weighted by molar-refractivity contribution is -0.119. The van der Waals surface area contributed by atoms with Gasteiger partial charge in [-0.25, -0.2) is 0 Å². The predicted octanol–water partition coefficient (Wildman–Crippen LogP) is 5.25. The Kier molecular flexibility index (Phi) is 6.39. The van der Waals surface area contributed by atoms with Gasteiger partial charge in [0, 0.05) is 42.4 Å². The molecule has 2 amide bonds. The van der Waals surface area contributed by atoms with Gasteiger partial charge >= 0.3 is 0 Å². The van der Waals surface area contributed by atoms with Crippen molar-refractivity contribution in [2.75, 3.05) is 22.1 Å². The van der Waals surface area contributed by atoms with E-state index in [-0.39, 0.29) is 11.8 Å². The van der Waals surface area contributed by atoms with Crippen LogP contribution in [0.15, 0.2) is 79.1 Å². The maximum atomic E-state index is 13.5. The van der Waals surface area contributed by atoms with Gasteiger partial charge in [0.25, 0.3) is 5.91 Å². The first-order chi connectivity index (χ1) is 17.1. The summed E-state index contributed by atoms with van der Waals surface area (Å²) in [7, 11) is 0. The lowest BCUT2D eigenvalue weighted by Gasteiger charge is -2.28. The molecule has 1 aliphatic heterocycles. The van der Waals surface area contributed by atoms with E-state index in [9.17, 15) is 9.59 Å². The Morgan fingerprint density at radius 3 is 2.46 bits per heavy atom. The lowest BCUT2D eigenvalue weighted by atomic mass is 10.0. The van der Waals surface area contributed by atoms with E-state index in [4.69, 9.17) is 0 Å². The summed E-state index contributed by atoms with van der Waals surface area (Å²) in [4.78, 5) is 36.3. The number of aromatic nitrogens is 2. The van der Waals surface area contributed by atoms with Crippen LogP contribution in [0.5, 0.6) is 0 Å². The molecular weight excluding hydrogens is 438 g/mol. The summed E-state index contributed by atoms with van der Waals surface area (Å²) in [5.74, 6) is -0.0267. The van der Waals surface area contributed by atoms with Crippen LogP contribution in [0.4, 0.5) is 17.1 Å². The topological polar surface area (TPSA) is 87.2 Å². The van der Waals surface area contributed by atoms with Crippen LogP contribution in [0, 0.1) is 6.92 Å². The molecule has 5 rings (SSSR count). The van der Waals surface area contributed by atoms with Crippen LogP contribution in [0.1, 0.15) is 36.4 Å². The number of aryl methyl sites for hydroxylation is 1. The van der Waals surface area contributed by atoms with Crippen molar-refractivity contribution >= 4 is 39.9 Å². The molecule has 1 unspecified atom stereocenters. The average molecular weight is 466 g/mol. The van der Waals surface area contributed by atoms with Crippen molar-refractivity contribution in [2.45, 2.75) is 32.2 Å². The van der Waals surface area contributed by atoms with Crippen molar-refractivity contribution < 1.29 is 9.59 Å². The highest BCUT2D eigenvalue weighted by molar-refractivity contribution is 5.99. The first-order valence-electron chi connectivity index (χ1n) is 11.8. The lowest BCUT2D eigenvalue weighted by Crippen LogP contribution is -2.35. The van der Waals surface area contributed by atoms with Gasteiger partial charge < -0.3 is 15.5 Å². The van der Waals surface area contributed by atoms with Crippen molar-refractivity contribution in [1.29, 1.82) is 0 Å². The van der Waals surface area contributed by atoms with Crippen LogP contribution >= 0.6 is 0 Å². The maximum absolute atomic E-state index is 13.5. The van der Waals surface area contributed by atoms with E-state index in [0.717, 1.165) is 52.9 Å². The van der Waals surface area contributed by atoms with E-state index in [1.807, 2.05) is 78.6 Å². The summed E-state index contributed by atoms with van der Waals surface area (Å²) < 4.78 is 0. The van der Waals surface area contributed by atoms with Gasteiger partial charge in [-0.3, -0.25) is 19.6 Å². The molecule has 1 saturated heterocycles. The molecule has 2 N–H and O–H groups in total. The van der Waals surface area contributed by atoms with E-state index < -0.39 is 6.04 Å². The fourth-order valence-corrected chi connectivity index (χ4v) is 4.48. The summed E-state index contributed by atoms with van der Waals surface area (Å²) in [5.41, 5.74) is 5.71. The summed E-state index contributed by atoms with van der Waals surface area (Å²) >= 11 is 0. The minimum atomic E-state index is -0.617. The molecule has 1 aromatic heterocycles. The zero-order valence-electron chi connectivity index (χ0n) is 19.6. The van der Waals surface area contributed by atoms with Gasteiger partial charge in [0.05, 0.1) is 11.0 Å². The Labute approximate surface area is 204 Å². The van der Waals surface area contributed by atoms with Crippen LogP contribution in [0.2, 0.25) is 0 Å². The monoisotopic (exact) mass is 465 g/mol. The smallest absolute Gasteiger partial charge is 0.251 e. The first kappa shape index (κ1) is 22.5. The largest absolute Gasteiger partial charge is 0.370 e. The number of hydrogen-bond donors (Lipinski definition) is 2. The minimum absolute atomic E-state index is 0.157. The number of nitrogens with one attached hydrogen (secondary N) is 2. The number of piperidine rings is 1. The molecule has 0 bridgehead atoms. The van der Waals surface area contributed by atoms with E-state index in [1.165, 1.54) is 0 Å². The molecule has 176 valence electrons. The highest BCUT2D eigenvalue weighted by Gasteiger charge is 2.23. The molecule has 0 aliphatic carbocycles. The number of nitrogens with zero attached hydrogens (tertiary/aromatic N) is 3. The average Bonchev–Trinajstić information content (AvgIpc) is 2.88. The van der Waals surface area contributed by atoms with Crippen molar-refractivity contribution in [1.82, 2.24) is 9.97 Å². The van der Waals surface area contributed by atoms with E-state index in [1.54, 1.807) is 12.4 Å². The molecule has 7 heteroatoms. The van der Waals surface area contributed by atoms with Gasteiger partial charge in [0.15, 0.2) is 0 Å². The zero-order valence-corrected chi connectivity index (χ0v) is 19.6. The Morgan fingerprint density at radius 2 is 1.69 bits per heavy atom. The molecule has 0 saturated carbocycles. The molecule has 1 aliphatic rings. The zero-order chi connectivity index (χ0) is 24.2. The molecular formula is C28H27N5O2. The van der Waals surface area contributed by atoms with Gasteiger partial charge in [-0.1, -0.05) is 30.3 Å². The quantitative estimate of drug-likeness (QED) is 0.406. The van der Waals surface area contributed by atoms with Crippen LogP contribution in [0.25, 0.3) is 11.0 Å². The fourth-order valence-electron chi connectivity index (χ4n) is 4.48. The van der Waals surface area contributed by atoms with Crippen LogP contribution in [-0.4, -0.2) is 28.3 Å². The Balaban J connectivity index is 1.38. The van der Waals surface area contributed by atoms with Gasteiger partial charge in [-0.2, -0.15) is 0 Å². The molecule has 7 nitrogen and oxygen atoms in total. The van der Waals surface area contributed by atoms with Crippen molar-refractivity contribution in [3.8, 4) is 0 Å². The first-order valence-corrected chi connectivity index (χ1v) is 11.8. The molecule has 3 aromatic carbocycles. The predicted molar refractivity (Wildman–Crippen MR) is 138 cm³/mol. The summed E-state index contributed by atoms with van der Waals surface area (Å²) in [6, 6.07) is 20.4. The maximum Gasteiger partial charge on any atom is 0.251 e. The van der Waals surface area contributed by atoms with Gasteiger partial charge in [-0.05, 0) is 67.3 Å². The summed E-state index contributed by atoms with van der Waals surface area (Å²) in [6.07, 6.45) is 5.85. The van der Waals surface area contributed by atoms with Gasteiger partial charge in [-0.15, -0.1) is 0 Å². The number of anilines is 3. The third-order valence-electron chi connectivity index (χ3n) is 6.25. The van der Waals surface area contributed by atoms with E-state index >= 15 is 0 Å². The van der Waals surface area contributed by atoms with Crippen molar-refractivity contribution in [3.05, 3.63) is 90.3 Å². The Hall–Kier alpha value is -4.26. The standard InChI is InChI=1S/C28H27N5O2/c1-19-17-21(11-13-25(19)33-16-6-5-9-26(33)34)32-28(35)27(20-7-3-2-4-8-20)31-22-10-12-23-24(18-22)30-15-14-29-23/h2-4,7-8,10-15,17-18,27,31H,5-6,9,16H2,1H3,(H,32,35). The van der Waals surface area contributed by atoms with E-state index in [0.29, 0.717) is 12.1 Å². The third kappa shape index (κ3) is 4.99. The minimum Gasteiger partial charge on any atom is -0.370 e. The number of rotatable bonds is 6. The number of carbonyl (C=O) groups is 2. The van der Waals surface area contributed by atoms with Crippen LogP contribution < -0.4 is 15.5 Å². The van der Waals surface area contributed by atoms with Crippen molar-refractivity contribution in [3.63, 3.8) is 0 Å². The second-order valence-electron chi connectivity index (χ2n) is 8.74. The number of hydrogen-bond acceptors (Lipinski definition) is 5. The normalized spacial score (nSPS) is 14.5. The Bertz CT molecular complexity index is 1370. The number of amides is 2. The van der Waals surface area contributed by atoms with Gasteiger partial charge in [0.1, 0.15) is 6.04 Å². The summed E-state index contributed by atoms with van der Waals surface area (Å²) in [6.45, 7) is 2.71. The highest BCUT2D eigenvalue weighted by Crippen LogP contribution is 2.28. The number of carbonyl (C=O) groups excluding carboxylic acids is 2. The molecule has 35 heavy (non-hydrogen) atoms. The van der Waals surface area contributed by atoms with Crippen LogP contribution in [-0.2, 0) is 9.59 Å². The molecule has 1 atom stereocenters. The number of fused-ring (bicyclic) bond motifs is 1. The summed E-state index contributed by atoms with van der Waals surface area (Å²) in [5, 5.41) is 6.41. The Morgan fingerprint density at radius 1 is 0.914 bits per heavy atom. The molecule has 0 radical (unpaired) electrons. The third-order valence-corrected chi connectivity index (χ3v) is 6.25. The second kappa shape index (κ2) is 9.93. The SMILES string of the molecule is Cc1cc(NC(=O)C(Nc2ccc3nccnc3c2)c2ccccc2)ccc1N1CCCCC1=O. The van der Waals surface area contributed by atoms with E-state index in [2.05, 4.69) is 20.6 Å². The van der Waals surface area contributed by atoms with Crippen molar-refractivity contribution in [2.24, 2.45) is 0 Å². The van der Waals surface area contributed by atoms with Crippen LogP contribution in [0.3, 0.4) is 0 Å². The highest BCUT2D eigenvalue weighted by atomic mass is 16.2.